The van der Waals surface area contributed by atoms with Crippen LogP contribution < -0.4 is 0 Å². The van der Waals surface area contributed by atoms with Crippen molar-refractivity contribution in [1.29, 1.82) is 0 Å². The summed E-state index contributed by atoms with van der Waals surface area (Å²) in [4.78, 5) is 11.3. The molecule has 90 valence electrons. The van der Waals surface area contributed by atoms with Gasteiger partial charge < -0.3 is 5.11 Å². The van der Waals surface area contributed by atoms with Gasteiger partial charge in [-0.05, 0) is 22.4 Å². The van der Waals surface area contributed by atoms with Gasteiger partial charge >= 0.3 is 5.97 Å². The first-order valence-corrected chi connectivity index (χ1v) is 7.13. The highest BCUT2D eigenvalue weighted by molar-refractivity contribution is 14.1. The van der Waals surface area contributed by atoms with Crippen LogP contribution in [-0.4, -0.2) is 11.1 Å². The zero-order valence-corrected chi connectivity index (χ0v) is 11.5. The first-order chi connectivity index (χ1) is 8.69. The Hall–Kier alpha value is -1.74. The summed E-state index contributed by atoms with van der Waals surface area (Å²) in [6.07, 6.45) is 5.48. The van der Waals surface area contributed by atoms with E-state index in [2.05, 4.69) is 5.92 Å². The molecule has 2 rings (SSSR count). The first-order valence-electron chi connectivity index (χ1n) is 5.17. The van der Waals surface area contributed by atoms with E-state index in [0.717, 1.165) is 10.8 Å². The maximum atomic E-state index is 11.4. The minimum atomic E-state index is -1.58. The van der Waals surface area contributed by atoms with Crippen LogP contribution in [0.25, 0.3) is 10.8 Å². The minimum absolute atomic E-state index is 0.106. The second-order valence-corrected chi connectivity index (χ2v) is 5.23. The highest BCUT2D eigenvalue weighted by atomic mass is 127. The smallest absolute Gasteiger partial charge is 0.337 e. The van der Waals surface area contributed by atoms with E-state index in [9.17, 15) is 13.0 Å². The van der Waals surface area contributed by atoms with Crippen LogP contribution in [0.4, 0.5) is 0 Å². The molecule has 2 aromatic rings. The number of carboxylic acids is 1. The van der Waals surface area contributed by atoms with Crippen LogP contribution in [0.2, 0.25) is 0 Å². The van der Waals surface area contributed by atoms with Crippen LogP contribution in [0.5, 0.6) is 0 Å². The normalized spacial score (nSPS) is 10.2. The van der Waals surface area contributed by atoms with Crippen molar-refractivity contribution >= 4 is 37.9 Å². The van der Waals surface area contributed by atoms with Gasteiger partial charge in [0.15, 0.2) is 21.2 Å². The van der Waals surface area contributed by atoms with Crippen molar-refractivity contribution < 1.29 is 13.0 Å². The quantitative estimate of drug-likeness (QED) is 0.682. The van der Waals surface area contributed by atoms with Gasteiger partial charge in [0.05, 0.1) is 9.13 Å². The Balaban J connectivity index is 2.92. The lowest BCUT2D eigenvalue weighted by Crippen LogP contribution is -2.06. The van der Waals surface area contributed by atoms with E-state index in [1.54, 1.807) is 18.2 Å². The average molecular weight is 352 g/mol. The Labute approximate surface area is 114 Å². The van der Waals surface area contributed by atoms with E-state index >= 15 is 0 Å². The van der Waals surface area contributed by atoms with Crippen molar-refractivity contribution in [2.75, 3.05) is 0 Å². The number of benzene rings is 2. The molecule has 4 heteroatoms. The third-order valence-electron chi connectivity index (χ3n) is 2.65. The molecule has 0 aliphatic carbocycles. The number of aromatic carboxylic acids is 1. The van der Waals surface area contributed by atoms with E-state index < -0.39 is 27.2 Å². The predicted octanol–water partition coefficient (Wildman–Crippen LogP) is 3.20. The molecule has 3 nitrogen and oxygen atoms in total. The summed E-state index contributed by atoms with van der Waals surface area (Å²) in [5.41, 5.74) is 0.656. The fourth-order valence-electron chi connectivity index (χ4n) is 1.92. The van der Waals surface area contributed by atoms with Gasteiger partial charge in [-0.1, -0.05) is 24.3 Å². The number of carboxylic acid groups (broad SMARTS) is 1. The van der Waals surface area contributed by atoms with Crippen molar-refractivity contribution in [2.24, 2.45) is 0 Å². The number of hydrogen-bond acceptors (Lipinski definition) is 2. The summed E-state index contributed by atoms with van der Waals surface area (Å²) in [6.45, 7) is 0. The number of hydrogen-bond donors (Lipinski definition) is 1. The maximum Gasteiger partial charge on any atom is 0.337 e. The second kappa shape index (κ2) is 5.27. The molecule has 0 unspecified atom stereocenters. The maximum absolute atomic E-state index is 11.4. The summed E-state index contributed by atoms with van der Waals surface area (Å²) in [5, 5.41) is 10.9. The highest BCUT2D eigenvalue weighted by Crippen LogP contribution is 2.30. The molecule has 0 spiro atoms. The summed E-state index contributed by atoms with van der Waals surface area (Å²) in [7, 11) is 0. The van der Waals surface area contributed by atoms with Crippen molar-refractivity contribution in [3.8, 4) is 12.3 Å². The molecular formula is C14H9IO3. The molecule has 0 aromatic heterocycles. The minimum Gasteiger partial charge on any atom is -0.478 e. The Morgan fingerprint density at radius 1 is 1.39 bits per heavy atom. The van der Waals surface area contributed by atoms with Crippen LogP contribution in [0, 0.1) is 15.9 Å². The van der Waals surface area contributed by atoms with Crippen LogP contribution in [0.3, 0.4) is 0 Å². The van der Waals surface area contributed by atoms with E-state index in [0.29, 0.717) is 9.13 Å². The van der Waals surface area contributed by atoms with E-state index in [-0.39, 0.29) is 12.0 Å². The number of terminal acetylenes is 1. The number of carbonyl (C=O) groups is 1. The molecule has 0 radical (unpaired) electrons. The lowest BCUT2D eigenvalue weighted by molar-refractivity contribution is 0.0695. The van der Waals surface area contributed by atoms with Crippen molar-refractivity contribution in [2.45, 2.75) is 6.42 Å². The lowest BCUT2D eigenvalue weighted by atomic mass is 9.99. The lowest BCUT2D eigenvalue weighted by Gasteiger charge is -2.09. The Bertz CT molecular complexity index is 683. The topological polar surface area (TPSA) is 54.4 Å². The van der Waals surface area contributed by atoms with Gasteiger partial charge in [-0.15, -0.1) is 12.3 Å². The van der Waals surface area contributed by atoms with Crippen LogP contribution in [0.15, 0.2) is 30.3 Å². The molecule has 0 aliphatic heterocycles. The molecule has 0 atom stereocenters. The van der Waals surface area contributed by atoms with Gasteiger partial charge in [0.1, 0.15) is 0 Å². The van der Waals surface area contributed by atoms with Crippen molar-refractivity contribution in [1.82, 2.24) is 0 Å². The third kappa shape index (κ3) is 2.14. The van der Waals surface area contributed by atoms with Crippen LogP contribution >= 0.6 is 21.2 Å². The molecular weight excluding hydrogens is 343 g/mol. The van der Waals surface area contributed by atoms with Gasteiger partial charge in [-0.3, -0.25) is 3.07 Å². The molecule has 0 saturated heterocycles. The fraction of sp³-hybridized carbons (Fsp3) is 0.0714. The van der Waals surface area contributed by atoms with Crippen molar-refractivity contribution in [3.63, 3.8) is 0 Å². The van der Waals surface area contributed by atoms with E-state index in [4.69, 9.17) is 6.42 Å². The first kappa shape index (κ1) is 12.7. The van der Waals surface area contributed by atoms with Gasteiger partial charge in [0.25, 0.3) is 0 Å². The molecule has 0 saturated carbocycles. The Morgan fingerprint density at radius 3 is 2.72 bits per heavy atom. The monoisotopic (exact) mass is 352 g/mol. The van der Waals surface area contributed by atoms with E-state index in [1.165, 1.54) is 0 Å². The second-order valence-electron chi connectivity index (χ2n) is 3.71. The molecule has 18 heavy (non-hydrogen) atoms. The zero-order chi connectivity index (χ0) is 13.1. The number of fused-ring (bicyclic) bond motifs is 1. The van der Waals surface area contributed by atoms with Gasteiger partial charge in [-0.25, -0.2) is 4.79 Å². The molecule has 0 amide bonds. The fourth-order valence-corrected chi connectivity index (χ4v) is 3.44. The molecule has 0 aliphatic rings. The van der Waals surface area contributed by atoms with E-state index in [1.807, 2.05) is 12.1 Å². The predicted molar refractivity (Wildman–Crippen MR) is 76.8 cm³/mol. The SMILES string of the molecule is C#CCc1cc2ccccc2c(I=O)c1C(=O)O. The number of rotatable bonds is 3. The molecule has 2 aromatic carbocycles. The molecule has 0 heterocycles. The molecule has 0 fully saturated rings. The molecule has 0 bridgehead atoms. The Morgan fingerprint density at radius 2 is 2.11 bits per heavy atom. The standard InChI is InChI=1S/C14H9IO3/c1-2-5-10-8-9-6-3-4-7-11(9)13(15-18)12(10)14(16)17/h1,3-4,6-8H,5H2,(H,16,17). The van der Waals surface area contributed by atoms with Gasteiger partial charge in [0, 0.05) is 6.42 Å². The van der Waals surface area contributed by atoms with Gasteiger partial charge in [0.2, 0.25) is 0 Å². The van der Waals surface area contributed by atoms with Crippen LogP contribution in [-0.2, 0) is 9.49 Å². The third-order valence-corrected chi connectivity index (χ3v) is 4.21. The summed E-state index contributed by atoms with van der Waals surface area (Å²) in [5.74, 6) is 1.37. The van der Waals surface area contributed by atoms with Gasteiger partial charge in [-0.2, -0.15) is 0 Å². The highest BCUT2D eigenvalue weighted by Gasteiger charge is 2.18. The Kier molecular flexibility index (Phi) is 3.72. The average Bonchev–Trinajstić information content (AvgIpc) is 2.37. The summed E-state index contributed by atoms with van der Waals surface area (Å²) in [6, 6.07) is 9.08. The van der Waals surface area contributed by atoms with Crippen molar-refractivity contribution in [3.05, 3.63) is 45.0 Å². The zero-order valence-electron chi connectivity index (χ0n) is 9.31. The number of halogens is 1. The summed E-state index contributed by atoms with van der Waals surface area (Å²) < 4.78 is 11.8. The molecule has 1 N–H and O–H groups in total. The van der Waals surface area contributed by atoms with Crippen LogP contribution in [0.1, 0.15) is 15.9 Å². The summed E-state index contributed by atoms with van der Waals surface area (Å²) >= 11 is -1.58. The largest absolute Gasteiger partial charge is 0.478 e.